The molecule has 0 aliphatic rings. The number of nitrogens with two attached hydrogens (primary N) is 1. The number of carbonyl (C=O) groups is 1. The minimum atomic E-state index is -0.346. The Kier molecular flexibility index (Phi) is 6.06. The normalized spacial score (nSPS) is 10.8. The third-order valence-corrected chi connectivity index (χ3v) is 3.21. The highest BCUT2D eigenvalue weighted by molar-refractivity contribution is 7.11. The molecular formula is C10H18N4O2S. The second kappa shape index (κ2) is 7.33. The number of ether oxygens (including phenoxy) is 1. The van der Waals surface area contributed by atoms with Gasteiger partial charge in [-0.2, -0.15) is 0 Å². The van der Waals surface area contributed by atoms with Crippen LogP contribution in [0.25, 0.3) is 0 Å². The molecule has 0 aromatic carbocycles. The van der Waals surface area contributed by atoms with E-state index in [9.17, 15) is 4.79 Å². The molecule has 96 valence electrons. The maximum Gasteiger partial charge on any atom is 0.294 e. The second-order valence-electron chi connectivity index (χ2n) is 3.48. The zero-order chi connectivity index (χ0) is 12.7. The number of hydrazine groups is 1. The number of thiazole rings is 1. The van der Waals surface area contributed by atoms with Crippen LogP contribution in [0.1, 0.15) is 22.4 Å². The van der Waals surface area contributed by atoms with Crippen LogP contribution in [0.2, 0.25) is 0 Å². The van der Waals surface area contributed by atoms with Crippen LogP contribution in [0.3, 0.4) is 0 Å². The van der Waals surface area contributed by atoms with E-state index in [0.29, 0.717) is 18.2 Å². The van der Waals surface area contributed by atoms with Crippen molar-refractivity contribution in [3.63, 3.8) is 0 Å². The smallest absolute Gasteiger partial charge is 0.294 e. The number of rotatable bonds is 7. The van der Waals surface area contributed by atoms with Crippen molar-refractivity contribution in [2.24, 2.45) is 5.84 Å². The summed E-state index contributed by atoms with van der Waals surface area (Å²) in [5.74, 6) is 4.70. The molecule has 1 aromatic heterocycles. The first kappa shape index (κ1) is 14.0. The van der Waals surface area contributed by atoms with E-state index in [1.54, 1.807) is 7.11 Å². The van der Waals surface area contributed by atoms with Crippen molar-refractivity contribution in [1.82, 2.24) is 15.3 Å². The van der Waals surface area contributed by atoms with Crippen molar-refractivity contribution in [1.29, 1.82) is 0 Å². The van der Waals surface area contributed by atoms with E-state index in [0.717, 1.165) is 18.8 Å². The van der Waals surface area contributed by atoms with Gasteiger partial charge in [0.1, 0.15) is 0 Å². The van der Waals surface area contributed by atoms with Crippen LogP contribution in [0.4, 0.5) is 0 Å². The number of amides is 1. The van der Waals surface area contributed by atoms with E-state index in [2.05, 4.69) is 22.2 Å². The van der Waals surface area contributed by atoms with Gasteiger partial charge in [-0.1, -0.05) is 6.92 Å². The Labute approximate surface area is 105 Å². The van der Waals surface area contributed by atoms with Gasteiger partial charge in [0.2, 0.25) is 0 Å². The molecule has 0 fully saturated rings. The Morgan fingerprint density at radius 2 is 2.47 bits per heavy atom. The highest BCUT2D eigenvalue weighted by Crippen LogP contribution is 2.11. The van der Waals surface area contributed by atoms with E-state index < -0.39 is 0 Å². The van der Waals surface area contributed by atoms with Crippen LogP contribution in [-0.2, 0) is 11.3 Å². The highest BCUT2D eigenvalue weighted by atomic mass is 32.1. The van der Waals surface area contributed by atoms with Gasteiger partial charge in [-0.25, -0.2) is 10.8 Å². The molecule has 1 amide bonds. The summed E-state index contributed by atoms with van der Waals surface area (Å²) >= 11 is 1.30. The lowest BCUT2D eigenvalue weighted by molar-refractivity contribution is 0.0952. The number of likely N-dealkylation sites (N-methyl/N-ethyl adjacent to an activating group) is 1. The topological polar surface area (TPSA) is 80.5 Å². The zero-order valence-corrected chi connectivity index (χ0v) is 10.9. The van der Waals surface area contributed by atoms with Crippen LogP contribution < -0.4 is 11.3 Å². The third-order valence-electron chi connectivity index (χ3n) is 2.32. The standard InChI is InChI=1S/C10H18N4O2S/c1-3-14(4-5-16-2)6-8-7-17-10(12-8)9(15)13-11/h7H,3-6,11H2,1-2H3,(H,13,15). The number of methoxy groups -OCH3 is 1. The van der Waals surface area contributed by atoms with Gasteiger partial charge >= 0.3 is 0 Å². The molecule has 1 rings (SSSR count). The fourth-order valence-corrected chi connectivity index (χ4v) is 2.05. The predicted octanol–water partition coefficient (Wildman–Crippen LogP) is 0.215. The summed E-state index contributed by atoms with van der Waals surface area (Å²) in [6.07, 6.45) is 0. The molecule has 6 nitrogen and oxygen atoms in total. The van der Waals surface area contributed by atoms with Crippen LogP contribution in [0, 0.1) is 0 Å². The first-order valence-corrected chi connectivity index (χ1v) is 6.25. The molecule has 7 heteroatoms. The van der Waals surface area contributed by atoms with Gasteiger partial charge < -0.3 is 4.74 Å². The fourth-order valence-electron chi connectivity index (χ4n) is 1.34. The SMILES string of the molecule is CCN(CCOC)Cc1csc(C(=O)NN)n1. The molecule has 0 unspecified atom stereocenters. The monoisotopic (exact) mass is 258 g/mol. The molecule has 0 atom stereocenters. The summed E-state index contributed by atoms with van der Waals surface area (Å²) in [5, 5.41) is 2.27. The Bertz CT molecular complexity index is 356. The molecule has 0 spiro atoms. The van der Waals surface area contributed by atoms with E-state index in [1.807, 2.05) is 5.38 Å². The van der Waals surface area contributed by atoms with Gasteiger partial charge in [0.05, 0.1) is 12.3 Å². The molecule has 0 aliphatic carbocycles. The first-order valence-electron chi connectivity index (χ1n) is 5.37. The van der Waals surface area contributed by atoms with E-state index in [1.165, 1.54) is 11.3 Å². The number of nitrogens with zero attached hydrogens (tertiary/aromatic N) is 2. The third kappa shape index (κ3) is 4.39. The number of carbonyl (C=O) groups excluding carboxylic acids is 1. The van der Waals surface area contributed by atoms with Gasteiger partial charge in [0.25, 0.3) is 5.91 Å². The van der Waals surface area contributed by atoms with Gasteiger partial charge in [-0.05, 0) is 6.54 Å². The van der Waals surface area contributed by atoms with Crippen molar-refractivity contribution in [3.8, 4) is 0 Å². The molecule has 17 heavy (non-hydrogen) atoms. The number of hydrogen-bond donors (Lipinski definition) is 2. The molecule has 1 heterocycles. The van der Waals surface area contributed by atoms with Crippen LogP contribution in [0.5, 0.6) is 0 Å². The van der Waals surface area contributed by atoms with Crippen molar-refractivity contribution in [2.45, 2.75) is 13.5 Å². The summed E-state index contributed by atoms with van der Waals surface area (Å²) < 4.78 is 5.03. The van der Waals surface area contributed by atoms with E-state index in [-0.39, 0.29) is 5.91 Å². The van der Waals surface area contributed by atoms with Gasteiger partial charge in [0.15, 0.2) is 5.01 Å². The Balaban J connectivity index is 2.54. The number of nitrogens with one attached hydrogen (secondary N) is 1. The lowest BCUT2D eigenvalue weighted by atomic mass is 10.4. The Hall–Kier alpha value is -1.02. The lowest BCUT2D eigenvalue weighted by Crippen LogP contribution is -2.30. The summed E-state index contributed by atoms with van der Waals surface area (Å²) in [7, 11) is 1.68. The fraction of sp³-hybridized carbons (Fsp3) is 0.600. The van der Waals surface area contributed by atoms with Gasteiger partial charge in [-0.3, -0.25) is 15.1 Å². The molecule has 0 aliphatic heterocycles. The van der Waals surface area contributed by atoms with Crippen LogP contribution in [0.15, 0.2) is 5.38 Å². The zero-order valence-electron chi connectivity index (χ0n) is 10.1. The lowest BCUT2D eigenvalue weighted by Gasteiger charge is -2.18. The van der Waals surface area contributed by atoms with E-state index >= 15 is 0 Å². The maximum atomic E-state index is 11.2. The van der Waals surface area contributed by atoms with Crippen molar-refractivity contribution >= 4 is 17.2 Å². The highest BCUT2D eigenvalue weighted by Gasteiger charge is 2.11. The summed E-state index contributed by atoms with van der Waals surface area (Å²) in [6, 6.07) is 0. The number of aromatic nitrogens is 1. The molecule has 0 radical (unpaired) electrons. The molecule has 1 aromatic rings. The average Bonchev–Trinajstić information content (AvgIpc) is 2.81. The second-order valence-corrected chi connectivity index (χ2v) is 4.34. The van der Waals surface area contributed by atoms with Gasteiger partial charge in [0, 0.05) is 25.6 Å². The van der Waals surface area contributed by atoms with Crippen molar-refractivity contribution in [2.75, 3.05) is 26.8 Å². The molecule has 0 saturated carbocycles. The molecule has 0 saturated heterocycles. The van der Waals surface area contributed by atoms with Crippen LogP contribution in [-0.4, -0.2) is 42.6 Å². The minimum Gasteiger partial charge on any atom is -0.383 e. The first-order chi connectivity index (χ1) is 8.21. The number of hydrogen-bond acceptors (Lipinski definition) is 6. The summed E-state index contributed by atoms with van der Waals surface area (Å²) in [6.45, 7) is 5.25. The molecule has 0 bridgehead atoms. The maximum absolute atomic E-state index is 11.2. The quantitative estimate of drug-likeness (QED) is 0.415. The molecule has 3 N–H and O–H groups in total. The average molecular weight is 258 g/mol. The molecular weight excluding hydrogens is 240 g/mol. The minimum absolute atomic E-state index is 0.346. The van der Waals surface area contributed by atoms with Crippen LogP contribution >= 0.6 is 11.3 Å². The van der Waals surface area contributed by atoms with E-state index in [4.69, 9.17) is 10.6 Å². The van der Waals surface area contributed by atoms with Gasteiger partial charge in [-0.15, -0.1) is 11.3 Å². The van der Waals surface area contributed by atoms with Crippen molar-refractivity contribution in [3.05, 3.63) is 16.1 Å². The Morgan fingerprint density at radius 1 is 1.71 bits per heavy atom. The summed E-state index contributed by atoms with van der Waals surface area (Å²) in [5.41, 5.74) is 2.95. The summed E-state index contributed by atoms with van der Waals surface area (Å²) in [4.78, 5) is 17.7. The largest absolute Gasteiger partial charge is 0.383 e. The Morgan fingerprint density at radius 3 is 3.06 bits per heavy atom. The van der Waals surface area contributed by atoms with Crippen molar-refractivity contribution < 1.29 is 9.53 Å². The number of nitrogen functional groups attached to an aromatic ring is 1. The predicted molar refractivity (Wildman–Crippen MR) is 66.6 cm³/mol.